The second kappa shape index (κ2) is 6.31. The van der Waals surface area contributed by atoms with Crippen molar-refractivity contribution in [2.75, 3.05) is 6.54 Å². The molecule has 104 valence electrons. The van der Waals surface area contributed by atoms with Crippen LogP contribution in [0.2, 0.25) is 0 Å². The number of aliphatic hydroxyl groups is 1. The average molecular weight is 291 g/mol. The molecule has 2 aromatic rings. The Morgan fingerprint density at radius 2 is 1.90 bits per heavy atom. The summed E-state index contributed by atoms with van der Waals surface area (Å²) in [6.45, 7) is 0.0313. The van der Waals surface area contributed by atoms with Gasteiger partial charge in [0, 0.05) is 6.54 Å². The van der Waals surface area contributed by atoms with Crippen LogP contribution in [-0.2, 0) is 0 Å². The second-order valence-corrected chi connectivity index (χ2v) is 4.91. The van der Waals surface area contributed by atoms with Crippen LogP contribution < -0.4 is 5.32 Å². The lowest BCUT2D eigenvalue weighted by atomic mass is 10.1. The van der Waals surface area contributed by atoms with Gasteiger partial charge in [0.15, 0.2) is 0 Å². The van der Waals surface area contributed by atoms with Crippen LogP contribution in [0, 0.1) is 0 Å². The maximum Gasteiger partial charge on any atom is 0.336 e. The van der Waals surface area contributed by atoms with Gasteiger partial charge in [-0.15, -0.1) is 0 Å². The van der Waals surface area contributed by atoms with Gasteiger partial charge in [0.2, 0.25) is 0 Å². The number of aromatic carboxylic acids is 1. The third-order valence-corrected chi connectivity index (χ3v) is 3.49. The van der Waals surface area contributed by atoms with Crippen molar-refractivity contribution in [3.8, 4) is 0 Å². The molecule has 1 unspecified atom stereocenters. The van der Waals surface area contributed by atoms with Crippen molar-refractivity contribution in [2.24, 2.45) is 0 Å². The first-order valence-electron chi connectivity index (χ1n) is 5.90. The van der Waals surface area contributed by atoms with Crippen LogP contribution in [-0.4, -0.2) is 28.6 Å². The molecule has 0 aliphatic rings. The summed E-state index contributed by atoms with van der Waals surface area (Å²) in [7, 11) is 0. The number of carbonyl (C=O) groups is 2. The van der Waals surface area contributed by atoms with E-state index in [1.165, 1.54) is 23.5 Å². The van der Waals surface area contributed by atoms with E-state index in [9.17, 15) is 14.7 Å². The maximum absolute atomic E-state index is 12.0. The van der Waals surface area contributed by atoms with Gasteiger partial charge in [-0.25, -0.2) is 4.79 Å². The zero-order valence-corrected chi connectivity index (χ0v) is 11.3. The van der Waals surface area contributed by atoms with Crippen LogP contribution >= 0.6 is 11.3 Å². The predicted octanol–water partition coefficient (Wildman–Crippen LogP) is 1.91. The Balaban J connectivity index is 2.04. The molecule has 0 aliphatic carbocycles. The zero-order valence-electron chi connectivity index (χ0n) is 10.4. The molecule has 0 bridgehead atoms. The molecule has 1 heterocycles. The van der Waals surface area contributed by atoms with E-state index in [1.807, 2.05) is 5.38 Å². The van der Waals surface area contributed by atoms with E-state index in [2.05, 4.69) is 5.32 Å². The summed E-state index contributed by atoms with van der Waals surface area (Å²) in [5, 5.41) is 25.0. The number of carbonyl (C=O) groups excluding carboxylic acids is 1. The molecule has 1 amide bonds. The molecule has 2 rings (SSSR count). The molecular formula is C14H13NO4S. The maximum atomic E-state index is 12.0. The van der Waals surface area contributed by atoms with Crippen LogP contribution in [0.4, 0.5) is 0 Å². The molecule has 0 spiro atoms. The fraction of sp³-hybridized carbons (Fsp3) is 0.143. The van der Waals surface area contributed by atoms with E-state index in [0.29, 0.717) is 0 Å². The first-order valence-corrected chi connectivity index (χ1v) is 6.84. The normalized spacial score (nSPS) is 11.8. The summed E-state index contributed by atoms with van der Waals surface area (Å²) in [6.07, 6.45) is -0.804. The van der Waals surface area contributed by atoms with Crippen LogP contribution in [0.15, 0.2) is 41.1 Å². The molecule has 0 fully saturated rings. The average Bonchev–Trinajstić information content (AvgIpc) is 2.98. The fourth-order valence-electron chi connectivity index (χ4n) is 1.73. The third-order valence-electron chi connectivity index (χ3n) is 2.79. The molecule has 5 nitrogen and oxygen atoms in total. The molecule has 1 aromatic heterocycles. The van der Waals surface area contributed by atoms with Crippen molar-refractivity contribution in [1.82, 2.24) is 5.32 Å². The fourth-order valence-corrected chi connectivity index (χ4v) is 2.44. The Morgan fingerprint density at radius 3 is 2.50 bits per heavy atom. The number of rotatable bonds is 5. The lowest BCUT2D eigenvalue weighted by Crippen LogP contribution is -2.29. The second-order valence-electron chi connectivity index (χ2n) is 4.13. The predicted molar refractivity (Wildman–Crippen MR) is 75.0 cm³/mol. The summed E-state index contributed by atoms with van der Waals surface area (Å²) >= 11 is 1.45. The lowest BCUT2D eigenvalue weighted by Gasteiger charge is -2.11. The molecule has 3 N–H and O–H groups in total. The molecule has 0 aliphatic heterocycles. The Hall–Kier alpha value is -2.18. The molecule has 1 aromatic carbocycles. The highest BCUT2D eigenvalue weighted by atomic mass is 32.1. The third kappa shape index (κ3) is 3.23. The van der Waals surface area contributed by atoms with Crippen molar-refractivity contribution in [2.45, 2.75) is 6.10 Å². The number of benzene rings is 1. The van der Waals surface area contributed by atoms with Crippen LogP contribution in [0.5, 0.6) is 0 Å². The monoisotopic (exact) mass is 291 g/mol. The molecule has 6 heteroatoms. The van der Waals surface area contributed by atoms with Crippen molar-refractivity contribution < 1.29 is 19.8 Å². The highest BCUT2D eigenvalue weighted by Gasteiger charge is 2.16. The quantitative estimate of drug-likeness (QED) is 0.785. The van der Waals surface area contributed by atoms with E-state index in [4.69, 9.17) is 5.11 Å². The standard InChI is InChI=1S/C14H13NO4S/c16-12(9-5-6-20-8-9)7-15-13(17)10-3-1-2-4-11(10)14(18)19/h1-6,8,12,16H,7H2,(H,15,17)(H,18,19). The number of amides is 1. The Bertz CT molecular complexity index is 609. The number of nitrogens with one attached hydrogen (secondary N) is 1. The van der Waals surface area contributed by atoms with Crippen molar-refractivity contribution in [3.05, 3.63) is 57.8 Å². The molecule has 0 radical (unpaired) electrons. The van der Waals surface area contributed by atoms with Gasteiger partial charge >= 0.3 is 5.97 Å². The summed E-state index contributed by atoms with van der Waals surface area (Å²) in [4.78, 5) is 23.0. The molecule has 0 saturated carbocycles. The first kappa shape index (κ1) is 14.2. The summed E-state index contributed by atoms with van der Waals surface area (Å²) in [5.74, 6) is -1.67. The molecule has 1 atom stereocenters. The summed E-state index contributed by atoms with van der Waals surface area (Å²) in [5.41, 5.74) is 0.745. The SMILES string of the molecule is O=C(O)c1ccccc1C(=O)NCC(O)c1ccsc1. The number of thiophene rings is 1. The van der Waals surface area contributed by atoms with E-state index >= 15 is 0 Å². The zero-order chi connectivity index (χ0) is 14.5. The largest absolute Gasteiger partial charge is 0.478 e. The van der Waals surface area contributed by atoms with Crippen molar-refractivity contribution >= 4 is 23.2 Å². The smallest absolute Gasteiger partial charge is 0.336 e. The number of carboxylic acid groups (broad SMARTS) is 1. The molecule has 0 saturated heterocycles. The van der Waals surface area contributed by atoms with Crippen LogP contribution in [0.1, 0.15) is 32.4 Å². The van der Waals surface area contributed by atoms with Gasteiger partial charge in [-0.2, -0.15) is 11.3 Å². The minimum Gasteiger partial charge on any atom is -0.478 e. The van der Waals surface area contributed by atoms with Crippen molar-refractivity contribution in [3.63, 3.8) is 0 Å². The summed E-state index contributed by atoms with van der Waals surface area (Å²) < 4.78 is 0. The van der Waals surface area contributed by atoms with Gasteiger partial charge in [0.25, 0.3) is 5.91 Å². The van der Waals surface area contributed by atoms with Gasteiger partial charge in [-0.3, -0.25) is 4.79 Å². The first-order chi connectivity index (χ1) is 9.59. The van der Waals surface area contributed by atoms with E-state index in [1.54, 1.807) is 23.6 Å². The van der Waals surface area contributed by atoms with Gasteiger partial charge in [-0.05, 0) is 34.5 Å². The Labute approximate surface area is 119 Å². The van der Waals surface area contributed by atoms with E-state index in [0.717, 1.165) is 5.56 Å². The summed E-state index contributed by atoms with van der Waals surface area (Å²) in [6, 6.07) is 7.73. The highest BCUT2D eigenvalue weighted by Crippen LogP contribution is 2.15. The lowest BCUT2D eigenvalue weighted by molar-refractivity contribution is 0.0690. The topological polar surface area (TPSA) is 86.6 Å². The van der Waals surface area contributed by atoms with E-state index in [-0.39, 0.29) is 17.7 Å². The van der Waals surface area contributed by atoms with Crippen LogP contribution in [0.3, 0.4) is 0 Å². The van der Waals surface area contributed by atoms with Gasteiger partial charge in [0.1, 0.15) is 0 Å². The van der Waals surface area contributed by atoms with Gasteiger partial charge < -0.3 is 15.5 Å². The molecular weight excluding hydrogens is 278 g/mol. The van der Waals surface area contributed by atoms with Gasteiger partial charge in [-0.1, -0.05) is 12.1 Å². The number of carboxylic acids is 1. The highest BCUT2D eigenvalue weighted by molar-refractivity contribution is 7.07. The Morgan fingerprint density at radius 1 is 1.20 bits per heavy atom. The Kier molecular flexibility index (Phi) is 4.49. The van der Waals surface area contributed by atoms with Crippen LogP contribution in [0.25, 0.3) is 0 Å². The number of hydrogen-bond donors (Lipinski definition) is 3. The minimum absolute atomic E-state index is 0.0313. The van der Waals surface area contributed by atoms with E-state index < -0.39 is 18.0 Å². The van der Waals surface area contributed by atoms with Crippen molar-refractivity contribution in [1.29, 1.82) is 0 Å². The number of aliphatic hydroxyl groups excluding tert-OH is 1. The number of hydrogen-bond acceptors (Lipinski definition) is 4. The molecule has 20 heavy (non-hydrogen) atoms. The minimum atomic E-state index is -1.16. The van der Waals surface area contributed by atoms with Gasteiger partial charge in [0.05, 0.1) is 17.2 Å².